The van der Waals surface area contributed by atoms with Gasteiger partial charge in [-0.3, -0.25) is 0 Å². The number of benzene rings is 3. The zero-order chi connectivity index (χ0) is 22.5. The van der Waals surface area contributed by atoms with Gasteiger partial charge in [0, 0.05) is 23.9 Å². The number of aliphatic hydroxyl groups is 1. The molecule has 2 N–H and O–H groups in total. The Morgan fingerprint density at radius 3 is 2.56 bits per heavy atom. The van der Waals surface area contributed by atoms with E-state index in [0.717, 1.165) is 53.3 Å². The molecular formula is C27H31N3O2. The predicted molar refractivity (Wildman–Crippen MR) is 130 cm³/mol. The van der Waals surface area contributed by atoms with Gasteiger partial charge in [-0.05, 0) is 55.1 Å². The molecule has 5 heteroatoms. The summed E-state index contributed by atoms with van der Waals surface area (Å²) in [7, 11) is 1.57. The monoisotopic (exact) mass is 429 g/mol. The summed E-state index contributed by atoms with van der Waals surface area (Å²) in [5.74, 6) is 0. The Hall–Kier alpha value is -3.15. The average molecular weight is 430 g/mol. The minimum atomic E-state index is -0.0431. The van der Waals surface area contributed by atoms with Crippen molar-refractivity contribution < 1.29 is 9.94 Å². The molecule has 0 saturated carbocycles. The molecule has 3 aromatic carbocycles. The van der Waals surface area contributed by atoms with Crippen molar-refractivity contribution >= 4 is 21.8 Å². The van der Waals surface area contributed by atoms with Crippen molar-refractivity contribution in [2.45, 2.75) is 40.0 Å². The van der Waals surface area contributed by atoms with Gasteiger partial charge in [0.1, 0.15) is 12.5 Å². The third-order valence-corrected chi connectivity index (χ3v) is 6.14. The SMILES string of the molecule is CO/N=c1/c2ccc(C)c(C)c2n(CCCNCc2ccccc2)c2cccc(CO)c12. The fourth-order valence-electron chi connectivity index (χ4n) is 4.42. The van der Waals surface area contributed by atoms with Gasteiger partial charge in [-0.15, -0.1) is 0 Å². The molecule has 0 bridgehead atoms. The quantitative estimate of drug-likeness (QED) is 0.246. The van der Waals surface area contributed by atoms with Crippen LogP contribution in [0.2, 0.25) is 0 Å². The lowest BCUT2D eigenvalue weighted by Gasteiger charge is -2.20. The highest BCUT2D eigenvalue weighted by Crippen LogP contribution is 2.26. The van der Waals surface area contributed by atoms with Crippen molar-refractivity contribution in [1.82, 2.24) is 9.88 Å². The predicted octanol–water partition coefficient (Wildman–Crippen LogP) is 4.55. The number of aromatic nitrogens is 1. The van der Waals surface area contributed by atoms with E-state index in [2.05, 4.69) is 71.4 Å². The Bertz CT molecular complexity index is 1290. The molecule has 0 aliphatic carbocycles. The molecule has 1 aromatic heterocycles. The number of hydrogen-bond donors (Lipinski definition) is 2. The highest BCUT2D eigenvalue weighted by atomic mass is 16.6. The van der Waals surface area contributed by atoms with Crippen LogP contribution in [-0.4, -0.2) is 23.3 Å². The molecule has 166 valence electrons. The molecule has 0 atom stereocenters. The van der Waals surface area contributed by atoms with Crippen LogP contribution in [0.1, 0.15) is 28.7 Å². The van der Waals surface area contributed by atoms with Crippen LogP contribution < -0.4 is 10.7 Å². The van der Waals surface area contributed by atoms with Crippen LogP contribution in [0.3, 0.4) is 0 Å². The fourth-order valence-corrected chi connectivity index (χ4v) is 4.42. The smallest absolute Gasteiger partial charge is 0.121 e. The molecule has 32 heavy (non-hydrogen) atoms. The van der Waals surface area contributed by atoms with Crippen molar-refractivity contribution in [3.63, 3.8) is 0 Å². The Kier molecular flexibility index (Phi) is 6.88. The van der Waals surface area contributed by atoms with E-state index in [0.29, 0.717) is 0 Å². The lowest BCUT2D eigenvalue weighted by molar-refractivity contribution is 0.201. The van der Waals surface area contributed by atoms with E-state index in [-0.39, 0.29) is 6.61 Å². The van der Waals surface area contributed by atoms with Crippen molar-refractivity contribution in [3.05, 3.63) is 88.3 Å². The third kappa shape index (κ3) is 4.27. The highest BCUT2D eigenvalue weighted by Gasteiger charge is 2.15. The van der Waals surface area contributed by atoms with Gasteiger partial charge in [0.05, 0.1) is 17.6 Å². The first-order chi connectivity index (χ1) is 15.7. The molecule has 0 unspecified atom stereocenters. The van der Waals surface area contributed by atoms with Gasteiger partial charge in [-0.25, -0.2) is 0 Å². The summed E-state index contributed by atoms with van der Waals surface area (Å²) in [4.78, 5) is 5.23. The van der Waals surface area contributed by atoms with Gasteiger partial charge in [0.2, 0.25) is 0 Å². The summed E-state index contributed by atoms with van der Waals surface area (Å²) in [6.07, 6.45) is 0.985. The third-order valence-electron chi connectivity index (χ3n) is 6.14. The number of pyridine rings is 1. The zero-order valence-corrected chi connectivity index (χ0v) is 19.1. The Balaban J connectivity index is 1.77. The first kappa shape index (κ1) is 22.1. The molecule has 4 aromatic rings. The van der Waals surface area contributed by atoms with E-state index in [9.17, 15) is 5.11 Å². The molecule has 0 spiro atoms. The standard InChI is InChI=1S/C27H31N3O2/c1-19-13-14-23-26(29-32-3)25-22(18-31)11-7-12-24(25)30(27(23)20(19)2)16-8-15-28-17-21-9-5-4-6-10-21/h4-7,9-14,28,31H,8,15-18H2,1-3H3/b29-26-. The molecule has 0 radical (unpaired) electrons. The Morgan fingerprint density at radius 1 is 1.00 bits per heavy atom. The van der Waals surface area contributed by atoms with E-state index >= 15 is 0 Å². The van der Waals surface area contributed by atoms with Crippen molar-refractivity contribution in [3.8, 4) is 0 Å². The normalized spacial score (nSPS) is 12.1. The number of hydrogen-bond acceptors (Lipinski definition) is 4. The maximum atomic E-state index is 10.0. The van der Waals surface area contributed by atoms with E-state index in [1.165, 1.54) is 22.2 Å². The lowest BCUT2D eigenvalue weighted by atomic mass is 9.99. The van der Waals surface area contributed by atoms with Gasteiger partial charge in [0.15, 0.2) is 0 Å². The summed E-state index contributed by atoms with van der Waals surface area (Å²) in [5.41, 5.74) is 6.87. The first-order valence-electron chi connectivity index (χ1n) is 11.1. The van der Waals surface area contributed by atoms with Crippen molar-refractivity contribution in [2.24, 2.45) is 5.16 Å². The molecule has 1 heterocycles. The summed E-state index contributed by atoms with van der Waals surface area (Å²) in [5, 5.41) is 20.8. The molecule has 5 nitrogen and oxygen atoms in total. The van der Waals surface area contributed by atoms with Crippen LogP contribution in [0, 0.1) is 13.8 Å². The molecule has 4 rings (SSSR count). The summed E-state index contributed by atoms with van der Waals surface area (Å²) in [6, 6.07) is 20.8. The van der Waals surface area contributed by atoms with E-state index in [1.807, 2.05) is 18.2 Å². The minimum Gasteiger partial charge on any atom is -0.399 e. The fraction of sp³-hybridized carbons (Fsp3) is 0.296. The van der Waals surface area contributed by atoms with Crippen LogP contribution in [-0.2, 0) is 24.5 Å². The maximum Gasteiger partial charge on any atom is 0.121 e. The van der Waals surface area contributed by atoms with Crippen LogP contribution in [0.4, 0.5) is 0 Å². The molecule has 0 amide bonds. The number of aryl methyl sites for hydroxylation is 3. The second kappa shape index (κ2) is 9.98. The Labute approximate surface area is 189 Å². The van der Waals surface area contributed by atoms with Gasteiger partial charge >= 0.3 is 0 Å². The van der Waals surface area contributed by atoms with Crippen LogP contribution in [0.15, 0.2) is 65.8 Å². The Morgan fingerprint density at radius 2 is 1.81 bits per heavy atom. The largest absolute Gasteiger partial charge is 0.399 e. The van der Waals surface area contributed by atoms with Crippen molar-refractivity contribution in [2.75, 3.05) is 13.7 Å². The molecule has 0 saturated heterocycles. The zero-order valence-electron chi connectivity index (χ0n) is 19.1. The molecule has 0 fully saturated rings. The van der Waals surface area contributed by atoms with E-state index in [1.54, 1.807) is 7.11 Å². The van der Waals surface area contributed by atoms with Crippen LogP contribution >= 0.6 is 0 Å². The first-order valence-corrected chi connectivity index (χ1v) is 11.1. The second-order valence-electron chi connectivity index (χ2n) is 8.16. The minimum absolute atomic E-state index is 0.0431. The number of fused-ring (bicyclic) bond motifs is 2. The average Bonchev–Trinajstić information content (AvgIpc) is 2.82. The maximum absolute atomic E-state index is 10.0. The highest BCUT2D eigenvalue weighted by molar-refractivity contribution is 5.96. The van der Waals surface area contributed by atoms with Gasteiger partial charge in [-0.1, -0.05) is 59.8 Å². The number of aliphatic hydroxyl groups excluding tert-OH is 1. The lowest BCUT2D eigenvalue weighted by Crippen LogP contribution is -2.19. The number of nitrogens with one attached hydrogen (secondary N) is 1. The molecule has 0 aliphatic rings. The van der Waals surface area contributed by atoms with Gasteiger partial charge < -0.3 is 19.8 Å². The van der Waals surface area contributed by atoms with Gasteiger partial charge in [-0.2, -0.15) is 0 Å². The van der Waals surface area contributed by atoms with Crippen LogP contribution in [0.5, 0.6) is 0 Å². The number of rotatable bonds is 8. The van der Waals surface area contributed by atoms with E-state index < -0.39 is 0 Å². The molecular weight excluding hydrogens is 398 g/mol. The molecule has 0 aliphatic heterocycles. The van der Waals surface area contributed by atoms with Gasteiger partial charge in [0.25, 0.3) is 0 Å². The van der Waals surface area contributed by atoms with E-state index in [4.69, 9.17) is 4.84 Å². The summed E-state index contributed by atoms with van der Waals surface area (Å²) < 4.78 is 2.38. The topological polar surface area (TPSA) is 58.8 Å². The second-order valence-corrected chi connectivity index (χ2v) is 8.16. The number of nitrogens with zero attached hydrogens (tertiary/aromatic N) is 2. The van der Waals surface area contributed by atoms with Crippen LogP contribution in [0.25, 0.3) is 21.8 Å². The van der Waals surface area contributed by atoms with Crippen molar-refractivity contribution in [1.29, 1.82) is 0 Å². The summed E-state index contributed by atoms with van der Waals surface area (Å²) >= 11 is 0. The summed E-state index contributed by atoms with van der Waals surface area (Å²) in [6.45, 7) is 6.91.